The molecule has 15 heavy (non-hydrogen) atoms. The standard InChI is InChI=1S/C13H22O2/c1-5-12(14)15-13(10(2)3)9-7-6-8-11(13)4/h5,10-11H,1,6-9H2,2-4H3. The van der Waals surface area contributed by atoms with Gasteiger partial charge in [0.05, 0.1) is 0 Å². The van der Waals surface area contributed by atoms with Gasteiger partial charge in [-0.05, 0) is 31.1 Å². The molecule has 0 aliphatic heterocycles. The van der Waals surface area contributed by atoms with Crippen LogP contribution in [-0.2, 0) is 9.53 Å². The molecule has 1 aliphatic carbocycles. The van der Waals surface area contributed by atoms with E-state index in [1.165, 1.54) is 12.5 Å². The Balaban J connectivity index is 2.85. The summed E-state index contributed by atoms with van der Waals surface area (Å²) in [6.45, 7) is 9.93. The molecule has 0 aromatic rings. The van der Waals surface area contributed by atoms with Crippen LogP contribution in [0.25, 0.3) is 0 Å². The number of carbonyl (C=O) groups excluding carboxylic acids is 1. The molecule has 0 aromatic carbocycles. The topological polar surface area (TPSA) is 26.3 Å². The number of esters is 1. The van der Waals surface area contributed by atoms with Crippen molar-refractivity contribution in [2.45, 2.75) is 52.1 Å². The summed E-state index contributed by atoms with van der Waals surface area (Å²) in [6, 6.07) is 0. The fourth-order valence-corrected chi connectivity index (χ4v) is 2.70. The fraction of sp³-hybridized carbons (Fsp3) is 0.769. The molecule has 2 heteroatoms. The molecular weight excluding hydrogens is 188 g/mol. The zero-order chi connectivity index (χ0) is 11.5. The predicted octanol–water partition coefficient (Wildman–Crippen LogP) is 3.32. The van der Waals surface area contributed by atoms with E-state index in [4.69, 9.17) is 4.74 Å². The molecule has 0 saturated heterocycles. The van der Waals surface area contributed by atoms with Gasteiger partial charge in [0.1, 0.15) is 5.60 Å². The quantitative estimate of drug-likeness (QED) is 0.527. The van der Waals surface area contributed by atoms with Crippen molar-refractivity contribution in [1.29, 1.82) is 0 Å². The second-order valence-electron chi connectivity index (χ2n) is 4.88. The first kappa shape index (κ1) is 12.3. The van der Waals surface area contributed by atoms with E-state index in [-0.39, 0.29) is 11.6 Å². The summed E-state index contributed by atoms with van der Waals surface area (Å²) >= 11 is 0. The molecule has 0 radical (unpaired) electrons. The first-order chi connectivity index (χ1) is 7.03. The van der Waals surface area contributed by atoms with Crippen molar-refractivity contribution in [1.82, 2.24) is 0 Å². The van der Waals surface area contributed by atoms with Gasteiger partial charge in [0.15, 0.2) is 0 Å². The summed E-state index contributed by atoms with van der Waals surface area (Å²) in [4.78, 5) is 11.4. The van der Waals surface area contributed by atoms with E-state index in [0.29, 0.717) is 11.8 Å². The van der Waals surface area contributed by atoms with Gasteiger partial charge in [-0.15, -0.1) is 0 Å². The first-order valence-corrected chi connectivity index (χ1v) is 5.88. The van der Waals surface area contributed by atoms with Crippen LogP contribution in [0.1, 0.15) is 46.5 Å². The van der Waals surface area contributed by atoms with Crippen molar-refractivity contribution in [3.05, 3.63) is 12.7 Å². The van der Waals surface area contributed by atoms with E-state index < -0.39 is 0 Å². The molecular formula is C13H22O2. The molecule has 0 bridgehead atoms. The summed E-state index contributed by atoms with van der Waals surface area (Å²) in [6.07, 6.45) is 5.83. The zero-order valence-corrected chi connectivity index (χ0v) is 10.1. The molecule has 0 heterocycles. The molecule has 86 valence electrons. The Kier molecular flexibility index (Phi) is 3.95. The van der Waals surface area contributed by atoms with Gasteiger partial charge in [0.2, 0.25) is 0 Å². The fourth-order valence-electron chi connectivity index (χ4n) is 2.70. The minimum Gasteiger partial charge on any atom is -0.455 e. The number of ether oxygens (including phenoxy) is 1. The lowest BCUT2D eigenvalue weighted by Gasteiger charge is -2.44. The van der Waals surface area contributed by atoms with Crippen LogP contribution in [0.15, 0.2) is 12.7 Å². The van der Waals surface area contributed by atoms with Crippen LogP contribution in [0.3, 0.4) is 0 Å². The highest BCUT2D eigenvalue weighted by molar-refractivity contribution is 5.81. The van der Waals surface area contributed by atoms with E-state index in [1.54, 1.807) is 0 Å². The van der Waals surface area contributed by atoms with E-state index in [0.717, 1.165) is 19.3 Å². The Hall–Kier alpha value is -0.790. The second-order valence-corrected chi connectivity index (χ2v) is 4.88. The van der Waals surface area contributed by atoms with Gasteiger partial charge in [-0.3, -0.25) is 0 Å². The van der Waals surface area contributed by atoms with E-state index in [2.05, 4.69) is 27.4 Å². The zero-order valence-electron chi connectivity index (χ0n) is 10.1. The molecule has 2 unspecified atom stereocenters. The molecule has 1 fully saturated rings. The highest BCUT2D eigenvalue weighted by Crippen LogP contribution is 2.42. The highest BCUT2D eigenvalue weighted by atomic mass is 16.6. The van der Waals surface area contributed by atoms with Crippen LogP contribution in [0.4, 0.5) is 0 Å². The number of rotatable bonds is 3. The lowest BCUT2D eigenvalue weighted by atomic mass is 9.70. The smallest absolute Gasteiger partial charge is 0.330 e. The predicted molar refractivity (Wildman–Crippen MR) is 61.5 cm³/mol. The Labute approximate surface area is 92.7 Å². The van der Waals surface area contributed by atoms with Crippen molar-refractivity contribution in [3.63, 3.8) is 0 Å². The minimum absolute atomic E-state index is 0.260. The first-order valence-electron chi connectivity index (χ1n) is 5.88. The van der Waals surface area contributed by atoms with Crippen molar-refractivity contribution < 1.29 is 9.53 Å². The highest BCUT2D eigenvalue weighted by Gasteiger charge is 2.43. The molecule has 0 amide bonds. The second kappa shape index (κ2) is 4.82. The van der Waals surface area contributed by atoms with Crippen molar-refractivity contribution in [2.24, 2.45) is 11.8 Å². The Bertz CT molecular complexity index is 245. The summed E-state index contributed by atoms with van der Waals surface area (Å²) in [5.41, 5.74) is -0.260. The van der Waals surface area contributed by atoms with Gasteiger partial charge in [-0.2, -0.15) is 0 Å². The van der Waals surface area contributed by atoms with Gasteiger partial charge in [0.25, 0.3) is 0 Å². The van der Waals surface area contributed by atoms with E-state index in [1.807, 2.05) is 0 Å². The third-order valence-electron chi connectivity index (χ3n) is 3.72. The maximum absolute atomic E-state index is 11.4. The lowest BCUT2D eigenvalue weighted by molar-refractivity contribution is -0.172. The molecule has 0 N–H and O–H groups in total. The average Bonchev–Trinajstić information content (AvgIpc) is 2.21. The summed E-state index contributed by atoms with van der Waals surface area (Å²) in [5, 5.41) is 0. The number of carbonyl (C=O) groups is 1. The van der Waals surface area contributed by atoms with Gasteiger partial charge >= 0.3 is 5.97 Å². The molecule has 0 aromatic heterocycles. The van der Waals surface area contributed by atoms with Crippen LogP contribution < -0.4 is 0 Å². The monoisotopic (exact) mass is 210 g/mol. The number of hydrogen-bond donors (Lipinski definition) is 0. The normalized spacial score (nSPS) is 31.3. The molecule has 1 saturated carbocycles. The molecule has 1 rings (SSSR count). The van der Waals surface area contributed by atoms with Crippen molar-refractivity contribution >= 4 is 5.97 Å². The van der Waals surface area contributed by atoms with Crippen LogP contribution in [-0.4, -0.2) is 11.6 Å². The third kappa shape index (κ3) is 2.42. The summed E-state index contributed by atoms with van der Waals surface area (Å²) < 4.78 is 5.64. The van der Waals surface area contributed by atoms with Gasteiger partial charge in [-0.1, -0.05) is 33.8 Å². The van der Waals surface area contributed by atoms with Crippen LogP contribution in [0, 0.1) is 11.8 Å². The Morgan fingerprint density at radius 2 is 2.20 bits per heavy atom. The van der Waals surface area contributed by atoms with Gasteiger partial charge in [-0.25, -0.2) is 4.79 Å². The van der Waals surface area contributed by atoms with Crippen LogP contribution in [0.5, 0.6) is 0 Å². The molecule has 0 spiro atoms. The molecule has 2 atom stereocenters. The Morgan fingerprint density at radius 1 is 1.53 bits per heavy atom. The van der Waals surface area contributed by atoms with Gasteiger partial charge in [0, 0.05) is 6.08 Å². The molecule has 1 aliphatic rings. The maximum atomic E-state index is 11.4. The minimum atomic E-state index is -0.280. The summed E-state index contributed by atoms with van der Waals surface area (Å²) in [7, 11) is 0. The third-order valence-corrected chi connectivity index (χ3v) is 3.72. The lowest BCUT2D eigenvalue weighted by Crippen LogP contribution is -2.47. The van der Waals surface area contributed by atoms with Crippen LogP contribution in [0.2, 0.25) is 0 Å². The van der Waals surface area contributed by atoms with Crippen molar-refractivity contribution in [2.75, 3.05) is 0 Å². The SMILES string of the molecule is C=CC(=O)OC1(C(C)C)CCCCC1C. The largest absolute Gasteiger partial charge is 0.455 e. The van der Waals surface area contributed by atoms with Gasteiger partial charge < -0.3 is 4.74 Å². The van der Waals surface area contributed by atoms with Crippen LogP contribution >= 0.6 is 0 Å². The summed E-state index contributed by atoms with van der Waals surface area (Å²) in [5.74, 6) is 0.546. The van der Waals surface area contributed by atoms with E-state index in [9.17, 15) is 4.79 Å². The van der Waals surface area contributed by atoms with E-state index >= 15 is 0 Å². The molecule has 2 nitrogen and oxygen atoms in total. The Morgan fingerprint density at radius 3 is 2.67 bits per heavy atom. The number of hydrogen-bond acceptors (Lipinski definition) is 2. The average molecular weight is 210 g/mol. The maximum Gasteiger partial charge on any atom is 0.330 e. The van der Waals surface area contributed by atoms with Crippen molar-refractivity contribution in [3.8, 4) is 0 Å².